The van der Waals surface area contributed by atoms with Crippen LogP contribution in [0.15, 0.2) is 30.5 Å². The molecule has 0 spiro atoms. The smallest absolute Gasteiger partial charge is 0.240 e. The SMILES string of the molecule is CNC(Cc1ccc(C)cc1)c1ncc(OC)nc1OC. The zero-order valence-corrected chi connectivity index (χ0v) is 12.9. The Kier molecular flexibility index (Phi) is 5.11. The molecule has 0 amide bonds. The summed E-state index contributed by atoms with van der Waals surface area (Å²) in [7, 11) is 5.06. The summed E-state index contributed by atoms with van der Waals surface area (Å²) in [6.45, 7) is 2.08. The molecule has 0 aliphatic heterocycles. The molecule has 1 atom stereocenters. The van der Waals surface area contributed by atoms with Crippen LogP contribution in [-0.2, 0) is 6.42 Å². The van der Waals surface area contributed by atoms with Gasteiger partial charge in [0.15, 0.2) is 0 Å². The third-order valence-corrected chi connectivity index (χ3v) is 3.39. The molecular weight excluding hydrogens is 266 g/mol. The van der Waals surface area contributed by atoms with Gasteiger partial charge in [-0.15, -0.1) is 0 Å². The molecular formula is C16H21N3O2. The Labute approximate surface area is 125 Å². The summed E-state index contributed by atoms with van der Waals surface area (Å²) in [5.41, 5.74) is 3.27. The lowest BCUT2D eigenvalue weighted by Crippen LogP contribution is -2.21. The fourth-order valence-electron chi connectivity index (χ4n) is 2.15. The number of benzene rings is 1. The summed E-state index contributed by atoms with van der Waals surface area (Å²) in [4.78, 5) is 8.72. The summed E-state index contributed by atoms with van der Waals surface area (Å²) < 4.78 is 10.4. The maximum atomic E-state index is 5.33. The van der Waals surface area contributed by atoms with E-state index in [0.29, 0.717) is 11.8 Å². The highest BCUT2D eigenvalue weighted by atomic mass is 16.5. The largest absolute Gasteiger partial charge is 0.480 e. The van der Waals surface area contributed by atoms with Crippen LogP contribution in [0.25, 0.3) is 0 Å². The number of likely N-dealkylation sites (N-methyl/N-ethyl adjacent to an activating group) is 1. The Balaban J connectivity index is 2.26. The lowest BCUT2D eigenvalue weighted by Gasteiger charge is -2.18. The first-order valence-corrected chi connectivity index (χ1v) is 6.85. The normalized spacial score (nSPS) is 12.0. The van der Waals surface area contributed by atoms with Gasteiger partial charge in [-0.1, -0.05) is 29.8 Å². The van der Waals surface area contributed by atoms with Crippen molar-refractivity contribution in [1.82, 2.24) is 15.3 Å². The predicted octanol–water partition coefficient (Wildman–Crippen LogP) is 2.31. The van der Waals surface area contributed by atoms with E-state index in [1.165, 1.54) is 11.1 Å². The molecule has 2 aromatic rings. The predicted molar refractivity (Wildman–Crippen MR) is 81.8 cm³/mol. The molecule has 1 unspecified atom stereocenters. The van der Waals surface area contributed by atoms with E-state index < -0.39 is 0 Å². The van der Waals surface area contributed by atoms with Crippen LogP contribution in [0.1, 0.15) is 22.9 Å². The summed E-state index contributed by atoms with van der Waals surface area (Å²) >= 11 is 0. The molecule has 2 rings (SSSR count). The first-order valence-electron chi connectivity index (χ1n) is 6.85. The highest BCUT2D eigenvalue weighted by Gasteiger charge is 2.18. The monoisotopic (exact) mass is 287 g/mol. The number of nitrogens with zero attached hydrogens (tertiary/aromatic N) is 2. The number of nitrogens with one attached hydrogen (secondary N) is 1. The van der Waals surface area contributed by atoms with Gasteiger partial charge in [0, 0.05) is 0 Å². The van der Waals surface area contributed by atoms with Crippen molar-refractivity contribution in [3.05, 3.63) is 47.3 Å². The molecule has 1 heterocycles. The molecule has 0 saturated heterocycles. The lowest BCUT2D eigenvalue weighted by molar-refractivity contribution is 0.350. The number of methoxy groups -OCH3 is 2. The van der Waals surface area contributed by atoms with Crippen LogP contribution in [-0.4, -0.2) is 31.2 Å². The highest BCUT2D eigenvalue weighted by Crippen LogP contribution is 2.25. The fraction of sp³-hybridized carbons (Fsp3) is 0.375. The van der Waals surface area contributed by atoms with Crippen LogP contribution in [0.2, 0.25) is 0 Å². The minimum atomic E-state index is 0.0288. The highest BCUT2D eigenvalue weighted by molar-refractivity contribution is 5.29. The second-order valence-corrected chi connectivity index (χ2v) is 4.84. The number of ether oxygens (including phenoxy) is 2. The first kappa shape index (κ1) is 15.3. The Morgan fingerprint density at radius 2 is 1.86 bits per heavy atom. The number of hydrogen-bond donors (Lipinski definition) is 1. The Morgan fingerprint density at radius 1 is 1.14 bits per heavy atom. The van der Waals surface area contributed by atoms with Crippen molar-refractivity contribution in [2.75, 3.05) is 21.3 Å². The zero-order valence-electron chi connectivity index (χ0n) is 12.9. The second kappa shape index (κ2) is 7.04. The standard InChI is InChI=1S/C16H21N3O2/c1-11-5-7-12(8-6-11)9-13(17-2)15-16(21-4)19-14(20-3)10-18-15/h5-8,10,13,17H,9H2,1-4H3. The number of rotatable bonds is 6. The molecule has 0 bridgehead atoms. The fourth-order valence-corrected chi connectivity index (χ4v) is 2.15. The van der Waals surface area contributed by atoms with Gasteiger partial charge in [-0.2, -0.15) is 4.98 Å². The molecule has 5 heteroatoms. The molecule has 112 valence electrons. The second-order valence-electron chi connectivity index (χ2n) is 4.84. The molecule has 0 radical (unpaired) electrons. The minimum absolute atomic E-state index is 0.0288. The average Bonchev–Trinajstić information content (AvgIpc) is 2.53. The van der Waals surface area contributed by atoms with Crippen molar-refractivity contribution in [2.45, 2.75) is 19.4 Å². The quantitative estimate of drug-likeness (QED) is 0.883. The molecule has 21 heavy (non-hydrogen) atoms. The van der Waals surface area contributed by atoms with Crippen molar-refractivity contribution < 1.29 is 9.47 Å². The van der Waals surface area contributed by atoms with Crippen LogP contribution >= 0.6 is 0 Å². The van der Waals surface area contributed by atoms with E-state index in [4.69, 9.17) is 9.47 Å². The molecule has 1 aromatic heterocycles. The maximum absolute atomic E-state index is 5.33. The van der Waals surface area contributed by atoms with Gasteiger partial charge < -0.3 is 14.8 Å². The van der Waals surface area contributed by atoms with Crippen LogP contribution in [0, 0.1) is 6.92 Å². The Bertz CT molecular complexity index is 585. The van der Waals surface area contributed by atoms with Gasteiger partial charge in [0.05, 0.1) is 26.5 Å². The van der Waals surface area contributed by atoms with Crippen molar-refractivity contribution in [3.8, 4) is 11.8 Å². The van der Waals surface area contributed by atoms with Crippen LogP contribution in [0.4, 0.5) is 0 Å². The minimum Gasteiger partial charge on any atom is -0.480 e. The third kappa shape index (κ3) is 3.70. The van der Waals surface area contributed by atoms with E-state index >= 15 is 0 Å². The van der Waals surface area contributed by atoms with E-state index in [2.05, 4.69) is 46.5 Å². The van der Waals surface area contributed by atoms with Crippen molar-refractivity contribution in [2.24, 2.45) is 0 Å². The lowest BCUT2D eigenvalue weighted by atomic mass is 10.0. The van der Waals surface area contributed by atoms with Crippen LogP contribution < -0.4 is 14.8 Å². The summed E-state index contributed by atoms with van der Waals surface area (Å²) in [6.07, 6.45) is 2.42. The van der Waals surface area contributed by atoms with E-state index in [1.54, 1.807) is 20.4 Å². The molecule has 1 N–H and O–H groups in total. The van der Waals surface area contributed by atoms with Gasteiger partial charge in [-0.25, -0.2) is 4.98 Å². The molecule has 1 aromatic carbocycles. The van der Waals surface area contributed by atoms with E-state index in [9.17, 15) is 0 Å². The van der Waals surface area contributed by atoms with Gasteiger partial charge in [0.2, 0.25) is 11.8 Å². The summed E-state index contributed by atoms with van der Waals surface area (Å²) in [5.74, 6) is 0.932. The van der Waals surface area contributed by atoms with Crippen molar-refractivity contribution in [1.29, 1.82) is 0 Å². The van der Waals surface area contributed by atoms with Crippen molar-refractivity contribution >= 4 is 0 Å². The van der Waals surface area contributed by atoms with E-state index in [0.717, 1.165) is 12.1 Å². The summed E-state index contributed by atoms with van der Waals surface area (Å²) in [5, 5.41) is 3.27. The van der Waals surface area contributed by atoms with Gasteiger partial charge >= 0.3 is 0 Å². The van der Waals surface area contributed by atoms with Gasteiger partial charge in [0.1, 0.15) is 5.69 Å². The van der Waals surface area contributed by atoms with Gasteiger partial charge in [-0.3, -0.25) is 0 Å². The molecule has 0 aliphatic rings. The molecule has 0 saturated carbocycles. The third-order valence-electron chi connectivity index (χ3n) is 3.39. The van der Waals surface area contributed by atoms with E-state index in [1.807, 2.05) is 7.05 Å². The van der Waals surface area contributed by atoms with Crippen LogP contribution in [0.3, 0.4) is 0 Å². The van der Waals surface area contributed by atoms with E-state index in [-0.39, 0.29) is 6.04 Å². The van der Waals surface area contributed by atoms with Crippen LogP contribution in [0.5, 0.6) is 11.8 Å². The molecule has 5 nitrogen and oxygen atoms in total. The number of aromatic nitrogens is 2. The molecule has 0 aliphatic carbocycles. The Morgan fingerprint density at radius 3 is 2.43 bits per heavy atom. The maximum Gasteiger partial charge on any atom is 0.240 e. The average molecular weight is 287 g/mol. The first-order chi connectivity index (χ1) is 10.2. The zero-order chi connectivity index (χ0) is 15.2. The Hall–Kier alpha value is -2.14. The summed E-state index contributed by atoms with van der Waals surface area (Å²) in [6, 6.07) is 8.51. The molecule has 0 fully saturated rings. The number of hydrogen-bond acceptors (Lipinski definition) is 5. The van der Waals surface area contributed by atoms with Gasteiger partial charge in [-0.05, 0) is 26.0 Å². The van der Waals surface area contributed by atoms with Gasteiger partial charge in [0.25, 0.3) is 0 Å². The van der Waals surface area contributed by atoms with Crippen molar-refractivity contribution in [3.63, 3.8) is 0 Å². The number of aryl methyl sites for hydroxylation is 1. The topological polar surface area (TPSA) is 56.3 Å².